The van der Waals surface area contributed by atoms with E-state index in [9.17, 15) is 9.59 Å². The number of rotatable bonds is 6. The first-order valence-electron chi connectivity index (χ1n) is 8.07. The van der Waals surface area contributed by atoms with Crippen molar-refractivity contribution in [3.63, 3.8) is 0 Å². The van der Waals surface area contributed by atoms with Gasteiger partial charge in [-0.1, -0.05) is 20.8 Å². The Morgan fingerprint density at radius 1 is 1.38 bits per heavy atom. The number of thiophene rings is 1. The maximum absolute atomic E-state index is 11.2. The molecule has 146 valence electrons. The van der Waals surface area contributed by atoms with Crippen LogP contribution in [0.3, 0.4) is 0 Å². The molecule has 0 fully saturated rings. The summed E-state index contributed by atoms with van der Waals surface area (Å²) in [5.74, 6) is -0.638. The number of amidine groups is 1. The van der Waals surface area contributed by atoms with Crippen molar-refractivity contribution in [3.05, 3.63) is 21.9 Å². The fourth-order valence-corrected chi connectivity index (χ4v) is 3.65. The second-order valence-electron chi connectivity index (χ2n) is 7.38. The molecule has 1 unspecified atom stereocenters. The lowest BCUT2D eigenvalue weighted by atomic mass is 10.2. The van der Waals surface area contributed by atoms with Gasteiger partial charge in [0.25, 0.3) is 0 Å². The number of hydrogen-bond acceptors (Lipinski definition) is 6. The highest BCUT2D eigenvalue weighted by Crippen LogP contribution is 2.37. The van der Waals surface area contributed by atoms with Gasteiger partial charge < -0.3 is 19.7 Å². The quantitative estimate of drug-likeness (QED) is 0.251. The fourth-order valence-electron chi connectivity index (χ4n) is 1.70. The van der Waals surface area contributed by atoms with E-state index in [1.165, 1.54) is 18.3 Å². The van der Waals surface area contributed by atoms with E-state index >= 15 is 0 Å². The second-order valence-corrected chi connectivity index (χ2v) is 13.1. The Kier molecular flexibility index (Phi) is 7.36. The van der Waals surface area contributed by atoms with E-state index < -0.39 is 26.4 Å². The summed E-state index contributed by atoms with van der Waals surface area (Å²) in [5, 5.41) is 21.2. The van der Waals surface area contributed by atoms with Crippen LogP contribution in [0.25, 0.3) is 0 Å². The summed E-state index contributed by atoms with van der Waals surface area (Å²) in [6, 6.07) is 1.14. The predicted octanol–water partition coefficient (Wildman–Crippen LogP) is 3.47. The number of carbonyl (C=O) groups is 2. The predicted molar refractivity (Wildman–Crippen MR) is 103 cm³/mol. The summed E-state index contributed by atoms with van der Waals surface area (Å²) in [4.78, 5) is 27.3. The maximum atomic E-state index is 11.2. The standard InChI is InChI=1S/C16H27N3O5SSi/c1-10(20)24-19-14(17)11-7-13(25-9-11)12(18-15(21)22)8-23-26(5,6)16(2,3)4/h7,9,12,18H,8H2,1-6H3,(H2,17,19)(H,21,22). The molecule has 1 amide bonds. The van der Waals surface area contributed by atoms with Crippen LogP contribution in [0, 0.1) is 5.41 Å². The van der Waals surface area contributed by atoms with Gasteiger partial charge in [-0.3, -0.25) is 10.2 Å². The first-order chi connectivity index (χ1) is 11.8. The van der Waals surface area contributed by atoms with Gasteiger partial charge >= 0.3 is 12.1 Å². The zero-order valence-corrected chi connectivity index (χ0v) is 17.7. The molecular weight excluding hydrogens is 374 g/mol. The van der Waals surface area contributed by atoms with Crippen molar-refractivity contribution >= 4 is 37.6 Å². The van der Waals surface area contributed by atoms with E-state index in [4.69, 9.17) is 14.9 Å². The maximum Gasteiger partial charge on any atom is 0.405 e. The number of hydrogen-bond donors (Lipinski definition) is 4. The molecule has 0 saturated heterocycles. The first kappa shape index (κ1) is 22.1. The van der Waals surface area contributed by atoms with Gasteiger partial charge in [0.2, 0.25) is 0 Å². The lowest BCUT2D eigenvalue weighted by Crippen LogP contribution is -2.43. The first-order valence-corrected chi connectivity index (χ1v) is 11.9. The van der Waals surface area contributed by atoms with Gasteiger partial charge in [0.1, 0.15) is 0 Å². The number of hydroxylamine groups is 1. The molecule has 1 atom stereocenters. The summed E-state index contributed by atoms with van der Waals surface area (Å²) in [7, 11) is -2.03. The average Bonchev–Trinajstić information content (AvgIpc) is 2.97. The highest BCUT2D eigenvalue weighted by Gasteiger charge is 2.38. The Morgan fingerprint density at radius 3 is 2.50 bits per heavy atom. The Hall–Kier alpha value is -1.91. The van der Waals surface area contributed by atoms with Gasteiger partial charge in [0.15, 0.2) is 14.2 Å². The highest BCUT2D eigenvalue weighted by atomic mass is 32.1. The number of amides is 1. The van der Waals surface area contributed by atoms with Gasteiger partial charge in [0, 0.05) is 22.7 Å². The molecule has 0 aliphatic carbocycles. The van der Waals surface area contributed by atoms with Gasteiger partial charge in [-0.25, -0.2) is 10.3 Å². The normalized spacial score (nSPS) is 13.0. The number of nitrogens with one attached hydrogen (secondary N) is 3. The summed E-state index contributed by atoms with van der Waals surface area (Å²) in [6.07, 6.45) is -1.14. The highest BCUT2D eigenvalue weighted by molar-refractivity contribution is 7.10. The SMILES string of the molecule is CC(=O)ONC(=N)c1csc(C(CO[Si](C)(C)C(C)(C)C)NC(=O)O)c1. The molecule has 1 rings (SSSR count). The van der Waals surface area contributed by atoms with Crippen molar-refractivity contribution < 1.29 is 24.0 Å². The van der Waals surface area contributed by atoms with Crippen LogP contribution >= 0.6 is 11.3 Å². The zero-order chi connectivity index (χ0) is 20.1. The molecule has 8 nitrogen and oxygen atoms in total. The monoisotopic (exact) mass is 401 g/mol. The average molecular weight is 402 g/mol. The van der Waals surface area contributed by atoms with E-state index in [2.05, 4.69) is 49.5 Å². The van der Waals surface area contributed by atoms with Crippen LogP contribution in [0.2, 0.25) is 18.1 Å². The van der Waals surface area contributed by atoms with Crippen molar-refractivity contribution in [1.82, 2.24) is 10.8 Å². The third-order valence-electron chi connectivity index (χ3n) is 4.26. The minimum absolute atomic E-state index is 0.0114. The minimum atomic E-state index is -2.03. The van der Waals surface area contributed by atoms with E-state index in [0.717, 1.165) is 4.88 Å². The molecule has 1 heterocycles. The van der Waals surface area contributed by atoms with Gasteiger partial charge in [-0.05, 0) is 24.2 Å². The molecule has 0 aliphatic heterocycles. The van der Waals surface area contributed by atoms with E-state index in [-0.39, 0.29) is 17.5 Å². The topological polar surface area (TPSA) is 121 Å². The summed E-state index contributed by atoms with van der Waals surface area (Å²) in [5.41, 5.74) is 2.74. The molecule has 0 bridgehead atoms. The van der Waals surface area contributed by atoms with Crippen LogP contribution < -0.4 is 10.8 Å². The molecule has 0 radical (unpaired) electrons. The van der Waals surface area contributed by atoms with Crippen LogP contribution in [0.5, 0.6) is 0 Å². The summed E-state index contributed by atoms with van der Waals surface area (Å²) >= 11 is 1.31. The van der Waals surface area contributed by atoms with Crippen molar-refractivity contribution in [2.45, 2.75) is 51.9 Å². The molecule has 1 aromatic heterocycles. The van der Waals surface area contributed by atoms with Crippen LogP contribution in [0.4, 0.5) is 4.79 Å². The summed E-state index contributed by atoms with van der Waals surface area (Å²) < 4.78 is 6.14. The second kappa shape index (κ2) is 8.65. The smallest absolute Gasteiger partial charge is 0.405 e. The van der Waals surface area contributed by atoms with Crippen LogP contribution in [0.15, 0.2) is 11.4 Å². The van der Waals surface area contributed by atoms with Crippen LogP contribution in [-0.2, 0) is 14.1 Å². The molecular formula is C16H27N3O5SSi. The van der Waals surface area contributed by atoms with Crippen molar-refractivity contribution in [2.75, 3.05) is 6.61 Å². The van der Waals surface area contributed by atoms with Gasteiger partial charge in [-0.15, -0.1) is 11.3 Å². The lowest BCUT2D eigenvalue weighted by molar-refractivity contribution is -0.145. The number of carbonyl (C=O) groups excluding carboxylic acids is 1. The Labute approximate surface area is 158 Å². The molecule has 0 aromatic carbocycles. The number of carboxylic acid groups (broad SMARTS) is 1. The van der Waals surface area contributed by atoms with E-state index in [1.54, 1.807) is 11.4 Å². The Morgan fingerprint density at radius 2 is 2.00 bits per heavy atom. The van der Waals surface area contributed by atoms with Crippen LogP contribution in [-0.4, -0.2) is 37.9 Å². The molecule has 10 heteroatoms. The third-order valence-corrected chi connectivity index (χ3v) is 9.81. The summed E-state index contributed by atoms with van der Waals surface area (Å²) in [6.45, 7) is 12.0. The van der Waals surface area contributed by atoms with E-state index in [0.29, 0.717) is 5.56 Å². The van der Waals surface area contributed by atoms with Crippen molar-refractivity contribution in [1.29, 1.82) is 5.41 Å². The van der Waals surface area contributed by atoms with Crippen molar-refractivity contribution in [2.24, 2.45) is 0 Å². The minimum Gasteiger partial charge on any atom is -0.465 e. The van der Waals surface area contributed by atoms with Crippen LogP contribution in [0.1, 0.15) is 44.2 Å². The third kappa shape index (κ3) is 6.43. The molecule has 4 N–H and O–H groups in total. The Bertz CT molecular complexity index is 669. The van der Waals surface area contributed by atoms with Gasteiger partial charge in [0.05, 0.1) is 12.6 Å². The van der Waals surface area contributed by atoms with Gasteiger partial charge in [-0.2, -0.15) is 0 Å². The zero-order valence-electron chi connectivity index (χ0n) is 15.9. The fraction of sp³-hybridized carbons (Fsp3) is 0.562. The molecule has 0 aliphatic rings. The van der Waals surface area contributed by atoms with Crippen molar-refractivity contribution in [3.8, 4) is 0 Å². The molecule has 1 aromatic rings. The van der Waals surface area contributed by atoms with E-state index in [1.807, 2.05) is 0 Å². The lowest BCUT2D eigenvalue weighted by Gasteiger charge is -2.37. The molecule has 0 saturated carbocycles. The Balaban J connectivity index is 2.89. The largest absolute Gasteiger partial charge is 0.465 e. The molecule has 26 heavy (non-hydrogen) atoms. The molecule has 0 spiro atoms.